The largest absolute Gasteiger partial charge is 0.253 e. The first-order valence-electron chi connectivity index (χ1n) is 8.11. The van der Waals surface area contributed by atoms with Crippen molar-refractivity contribution in [1.29, 1.82) is 0 Å². The van der Waals surface area contributed by atoms with Gasteiger partial charge in [-0.2, -0.15) is 0 Å². The highest BCUT2D eigenvalue weighted by molar-refractivity contribution is 6.30. The highest BCUT2D eigenvalue weighted by Crippen LogP contribution is 2.30. The summed E-state index contributed by atoms with van der Waals surface area (Å²) in [6, 6.07) is 20.9. The standard InChI is InChI=1S/C21H18ClN/c22-18-9-4-8-16(13-18)21-14-17(12-15-6-2-1-3-7-15)19-10-5-11-20(19)23-21/h1-4,6-9,13-14H,5,10-12H2. The van der Waals surface area contributed by atoms with Crippen molar-refractivity contribution in [2.24, 2.45) is 0 Å². The molecule has 23 heavy (non-hydrogen) atoms. The average molecular weight is 320 g/mol. The van der Waals surface area contributed by atoms with E-state index in [1.165, 1.54) is 28.8 Å². The lowest BCUT2D eigenvalue weighted by molar-refractivity contribution is 0.897. The first-order chi connectivity index (χ1) is 11.3. The minimum absolute atomic E-state index is 0.759. The number of hydrogen-bond donors (Lipinski definition) is 0. The van der Waals surface area contributed by atoms with Gasteiger partial charge in [-0.25, -0.2) is 0 Å². The molecule has 3 aromatic rings. The van der Waals surface area contributed by atoms with Crippen LogP contribution in [0.1, 0.15) is 28.8 Å². The number of pyridine rings is 1. The second kappa shape index (κ2) is 6.17. The Balaban J connectivity index is 1.79. The van der Waals surface area contributed by atoms with Crippen LogP contribution in [0.15, 0.2) is 60.7 Å². The number of nitrogens with zero attached hydrogens (tertiary/aromatic N) is 1. The Kier molecular flexibility index (Phi) is 3.88. The van der Waals surface area contributed by atoms with E-state index in [1.54, 1.807) is 0 Å². The molecule has 0 radical (unpaired) electrons. The molecule has 0 fully saturated rings. The van der Waals surface area contributed by atoms with Crippen LogP contribution in [0.5, 0.6) is 0 Å². The second-order valence-corrected chi connectivity index (χ2v) is 6.55. The van der Waals surface area contributed by atoms with Gasteiger partial charge in [0.15, 0.2) is 0 Å². The summed E-state index contributed by atoms with van der Waals surface area (Å²) in [5.74, 6) is 0. The van der Waals surface area contributed by atoms with Gasteiger partial charge in [0.05, 0.1) is 5.69 Å². The smallest absolute Gasteiger partial charge is 0.0708 e. The Labute approximate surface area is 142 Å². The molecule has 0 unspecified atom stereocenters. The molecule has 1 aliphatic carbocycles. The molecule has 114 valence electrons. The third-order valence-electron chi connectivity index (χ3n) is 4.50. The van der Waals surface area contributed by atoms with Crippen molar-refractivity contribution in [2.45, 2.75) is 25.7 Å². The van der Waals surface area contributed by atoms with Crippen molar-refractivity contribution in [2.75, 3.05) is 0 Å². The van der Waals surface area contributed by atoms with E-state index in [4.69, 9.17) is 16.6 Å². The number of fused-ring (bicyclic) bond motifs is 1. The van der Waals surface area contributed by atoms with Gasteiger partial charge in [0.1, 0.15) is 0 Å². The molecular formula is C21H18ClN. The zero-order valence-electron chi connectivity index (χ0n) is 12.9. The van der Waals surface area contributed by atoms with E-state index in [-0.39, 0.29) is 0 Å². The van der Waals surface area contributed by atoms with Crippen LogP contribution in [0.25, 0.3) is 11.3 Å². The highest BCUT2D eigenvalue weighted by atomic mass is 35.5. The molecule has 0 amide bonds. The summed E-state index contributed by atoms with van der Waals surface area (Å²) in [6.45, 7) is 0. The summed E-state index contributed by atoms with van der Waals surface area (Å²) in [5.41, 5.74) is 7.63. The minimum atomic E-state index is 0.759. The van der Waals surface area contributed by atoms with Crippen LogP contribution in [-0.4, -0.2) is 4.98 Å². The van der Waals surface area contributed by atoms with Gasteiger partial charge < -0.3 is 0 Å². The van der Waals surface area contributed by atoms with Crippen LogP contribution in [0.4, 0.5) is 0 Å². The first-order valence-corrected chi connectivity index (χ1v) is 8.49. The van der Waals surface area contributed by atoms with Gasteiger partial charge in [-0.1, -0.05) is 54.1 Å². The summed E-state index contributed by atoms with van der Waals surface area (Å²) in [7, 11) is 0. The van der Waals surface area contributed by atoms with E-state index in [0.717, 1.165) is 35.5 Å². The lowest BCUT2D eigenvalue weighted by Crippen LogP contribution is -2.00. The van der Waals surface area contributed by atoms with Crippen molar-refractivity contribution >= 4 is 11.6 Å². The topological polar surface area (TPSA) is 12.9 Å². The van der Waals surface area contributed by atoms with E-state index in [9.17, 15) is 0 Å². The van der Waals surface area contributed by atoms with E-state index in [2.05, 4.69) is 42.5 Å². The van der Waals surface area contributed by atoms with Crippen LogP contribution in [0, 0.1) is 0 Å². The zero-order chi connectivity index (χ0) is 15.6. The van der Waals surface area contributed by atoms with Gasteiger partial charge in [0.25, 0.3) is 0 Å². The Bertz CT molecular complexity index is 840. The molecule has 2 aromatic carbocycles. The summed E-state index contributed by atoms with van der Waals surface area (Å²) < 4.78 is 0. The zero-order valence-corrected chi connectivity index (χ0v) is 13.7. The van der Waals surface area contributed by atoms with Gasteiger partial charge in [-0.3, -0.25) is 4.98 Å². The van der Waals surface area contributed by atoms with E-state index >= 15 is 0 Å². The molecule has 0 aliphatic heterocycles. The molecule has 4 rings (SSSR count). The number of benzene rings is 2. The van der Waals surface area contributed by atoms with Gasteiger partial charge in [-0.15, -0.1) is 0 Å². The van der Waals surface area contributed by atoms with Crippen LogP contribution in [-0.2, 0) is 19.3 Å². The molecule has 0 saturated carbocycles. The lowest BCUT2D eigenvalue weighted by atomic mass is 9.97. The van der Waals surface area contributed by atoms with E-state index in [1.807, 2.05) is 18.2 Å². The molecule has 1 aliphatic rings. The van der Waals surface area contributed by atoms with Crippen LogP contribution in [0.2, 0.25) is 5.02 Å². The Morgan fingerprint density at radius 1 is 0.913 bits per heavy atom. The summed E-state index contributed by atoms with van der Waals surface area (Å²) in [6.07, 6.45) is 4.42. The summed E-state index contributed by atoms with van der Waals surface area (Å²) in [5, 5.41) is 0.759. The quantitative estimate of drug-likeness (QED) is 0.622. The van der Waals surface area contributed by atoms with Gasteiger partial charge >= 0.3 is 0 Å². The van der Waals surface area contributed by atoms with Crippen molar-refractivity contribution in [3.63, 3.8) is 0 Å². The highest BCUT2D eigenvalue weighted by Gasteiger charge is 2.18. The fourth-order valence-electron chi connectivity index (χ4n) is 3.40. The second-order valence-electron chi connectivity index (χ2n) is 6.12. The molecule has 0 spiro atoms. The normalized spacial score (nSPS) is 13.1. The van der Waals surface area contributed by atoms with Crippen LogP contribution in [0.3, 0.4) is 0 Å². The van der Waals surface area contributed by atoms with Crippen molar-refractivity contribution < 1.29 is 0 Å². The Morgan fingerprint density at radius 3 is 2.61 bits per heavy atom. The van der Waals surface area contributed by atoms with E-state index in [0.29, 0.717) is 0 Å². The van der Waals surface area contributed by atoms with Crippen LogP contribution >= 0.6 is 11.6 Å². The van der Waals surface area contributed by atoms with Crippen LogP contribution < -0.4 is 0 Å². The van der Waals surface area contributed by atoms with Crippen molar-refractivity contribution in [1.82, 2.24) is 4.98 Å². The van der Waals surface area contributed by atoms with Gasteiger partial charge in [0, 0.05) is 16.3 Å². The Morgan fingerprint density at radius 2 is 1.78 bits per heavy atom. The maximum Gasteiger partial charge on any atom is 0.0708 e. The SMILES string of the molecule is Clc1cccc(-c2cc(Cc3ccccc3)c3c(n2)CCC3)c1. The number of aromatic nitrogens is 1. The number of hydrogen-bond acceptors (Lipinski definition) is 1. The molecule has 1 heterocycles. The Hall–Kier alpha value is -2.12. The number of rotatable bonds is 3. The molecule has 0 bridgehead atoms. The molecule has 1 nitrogen and oxygen atoms in total. The van der Waals surface area contributed by atoms with E-state index < -0.39 is 0 Å². The number of aryl methyl sites for hydroxylation is 1. The first kappa shape index (κ1) is 14.5. The van der Waals surface area contributed by atoms with Crippen molar-refractivity contribution in [3.8, 4) is 11.3 Å². The maximum absolute atomic E-state index is 6.15. The average Bonchev–Trinajstić information content (AvgIpc) is 3.05. The molecular weight excluding hydrogens is 302 g/mol. The summed E-state index contributed by atoms with van der Waals surface area (Å²) in [4.78, 5) is 4.91. The van der Waals surface area contributed by atoms with Crippen molar-refractivity contribution in [3.05, 3.63) is 88.1 Å². The van der Waals surface area contributed by atoms with Gasteiger partial charge in [-0.05, 0) is 60.6 Å². The third-order valence-corrected chi connectivity index (χ3v) is 4.74. The third kappa shape index (κ3) is 3.02. The molecule has 0 atom stereocenters. The predicted molar refractivity (Wildman–Crippen MR) is 96.0 cm³/mol. The number of halogens is 1. The summed E-state index contributed by atoms with van der Waals surface area (Å²) >= 11 is 6.15. The maximum atomic E-state index is 6.15. The molecule has 2 heteroatoms. The molecule has 0 N–H and O–H groups in total. The molecule has 1 aromatic heterocycles. The molecule has 0 saturated heterocycles. The fourth-order valence-corrected chi connectivity index (χ4v) is 3.59. The monoisotopic (exact) mass is 319 g/mol. The fraction of sp³-hybridized carbons (Fsp3) is 0.190. The van der Waals surface area contributed by atoms with Gasteiger partial charge in [0.2, 0.25) is 0 Å². The minimum Gasteiger partial charge on any atom is -0.253 e. The predicted octanol–water partition coefficient (Wildman–Crippen LogP) is 5.48. The lowest BCUT2D eigenvalue weighted by Gasteiger charge is -2.12.